The number of ether oxygens (including phenoxy) is 1. The van der Waals surface area contributed by atoms with E-state index in [1.807, 2.05) is 19.9 Å². The number of carbonyl (C=O) groups excluding carboxylic acids is 1. The van der Waals surface area contributed by atoms with Gasteiger partial charge in [-0.15, -0.1) is 0 Å². The molecule has 1 amide bonds. The average Bonchev–Trinajstić information content (AvgIpc) is 3.41. The fourth-order valence-corrected chi connectivity index (χ4v) is 4.92. The van der Waals surface area contributed by atoms with Crippen LogP contribution in [0.1, 0.15) is 50.3 Å². The normalized spacial score (nSPS) is 22.1. The first kappa shape index (κ1) is 20.6. The summed E-state index contributed by atoms with van der Waals surface area (Å²) in [5.74, 6) is 0.822. The zero-order chi connectivity index (χ0) is 21.5. The number of nitrogens with zero attached hydrogens (tertiary/aromatic N) is 3. The van der Waals surface area contributed by atoms with Crippen molar-refractivity contribution in [2.75, 3.05) is 12.4 Å². The number of H-pyrrole nitrogens is 1. The number of hydrogen-bond acceptors (Lipinski definition) is 7. The second kappa shape index (κ2) is 7.88. The number of carbonyl (C=O) groups is 1. The Balaban J connectivity index is 1.40. The van der Waals surface area contributed by atoms with Gasteiger partial charge in [0.25, 0.3) is 10.0 Å². The highest BCUT2D eigenvalue weighted by molar-refractivity contribution is 7.89. The Morgan fingerprint density at radius 2 is 2.17 bits per heavy atom. The van der Waals surface area contributed by atoms with Gasteiger partial charge in [-0.25, -0.2) is 22.9 Å². The van der Waals surface area contributed by atoms with E-state index in [9.17, 15) is 13.2 Å². The van der Waals surface area contributed by atoms with Crippen molar-refractivity contribution in [1.82, 2.24) is 24.8 Å². The molecule has 2 atom stereocenters. The molecule has 1 aliphatic carbocycles. The lowest BCUT2D eigenvalue weighted by Crippen LogP contribution is -2.35. The summed E-state index contributed by atoms with van der Waals surface area (Å²) in [4.78, 5) is 17.7. The Hall–Kier alpha value is -2.66. The summed E-state index contributed by atoms with van der Waals surface area (Å²) in [6.07, 6.45) is 3.51. The molecule has 3 heterocycles. The molecule has 1 fully saturated rings. The van der Waals surface area contributed by atoms with Gasteiger partial charge in [-0.2, -0.15) is 5.10 Å². The first-order valence-corrected chi connectivity index (χ1v) is 11.5. The Morgan fingerprint density at radius 1 is 1.37 bits per heavy atom. The highest BCUT2D eigenvalue weighted by Gasteiger charge is 2.32. The predicted octanol–water partition coefficient (Wildman–Crippen LogP) is 2.45. The number of rotatable bonds is 5. The molecular formula is C19H26N6O4S. The van der Waals surface area contributed by atoms with Crippen LogP contribution in [0.15, 0.2) is 23.4 Å². The van der Waals surface area contributed by atoms with Crippen LogP contribution in [0.5, 0.6) is 0 Å². The Morgan fingerprint density at radius 3 is 2.93 bits per heavy atom. The Kier molecular flexibility index (Phi) is 5.41. The van der Waals surface area contributed by atoms with Gasteiger partial charge in [0.05, 0.1) is 0 Å². The molecule has 0 bridgehead atoms. The van der Waals surface area contributed by atoms with Gasteiger partial charge in [-0.3, -0.25) is 5.10 Å². The SMILES string of the molecule is CC(C)N(C)C(=O)OC1CC[C@H](c2cc(Nc3ccnc4c3CNS4(=O)=O)n[nH]2)C1. The fourth-order valence-electron chi connectivity index (χ4n) is 3.74. The van der Waals surface area contributed by atoms with Crippen LogP contribution < -0.4 is 10.0 Å². The van der Waals surface area contributed by atoms with E-state index in [2.05, 4.69) is 25.2 Å². The van der Waals surface area contributed by atoms with E-state index in [-0.39, 0.29) is 35.7 Å². The standard InChI is InChI=1S/C19H26N6O4S/c1-11(2)25(3)19(26)29-13-5-4-12(8-13)16-9-17(24-23-16)22-15-6-7-20-18-14(15)10-21-30(18,27)28/h6-7,9,11-13,21H,4-5,8,10H2,1-3H3,(H2,20,22,23,24)/t12-,13?/m0/s1. The number of sulfonamides is 1. The van der Waals surface area contributed by atoms with E-state index in [0.717, 1.165) is 25.0 Å². The smallest absolute Gasteiger partial charge is 0.410 e. The molecule has 0 aromatic carbocycles. The van der Waals surface area contributed by atoms with Crippen molar-refractivity contribution < 1.29 is 17.9 Å². The van der Waals surface area contributed by atoms with Crippen LogP contribution in [0, 0.1) is 0 Å². The van der Waals surface area contributed by atoms with Crippen LogP contribution in [0.4, 0.5) is 16.3 Å². The Bertz CT molecular complexity index is 1050. The van der Waals surface area contributed by atoms with Gasteiger partial charge in [0.2, 0.25) is 0 Å². The molecule has 1 aliphatic heterocycles. The number of amides is 1. The molecule has 4 rings (SSSR count). The minimum atomic E-state index is -3.53. The fraction of sp³-hybridized carbons (Fsp3) is 0.526. The summed E-state index contributed by atoms with van der Waals surface area (Å²) in [7, 11) is -1.79. The number of hydrogen-bond donors (Lipinski definition) is 3. The molecule has 0 radical (unpaired) electrons. The Labute approximate surface area is 175 Å². The molecule has 3 N–H and O–H groups in total. The van der Waals surface area contributed by atoms with Crippen molar-refractivity contribution in [2.45, 2.75) is 62.7 Å². The number of anilines is 2. The average molecular weight is 435 g/mol. The van der Waals surface area contributed by atoms with Crippen molar-refractivity contribution in [3.05, 3.63) is 29.6 Å². The van der Waals surface area contributed by atoms with Gasteiger partial charge >= 0.3 is 6.09 Å². The third kappa shape index (κ3) is 3.99. The number of aromatic amines is 1. The molecule has 2 aliphatic rings. The molecule has 0 spiro atoms. The van der Waals surface area contributed by atoms with Crippen molar-refractivity contribution in [1.29, 1.82) is 0 Å². The summed E-state index contributed by atoms with van der Waals surface area (Å²) < 4.78 is 32.0. The topological polar surface area (TPSA) is 129 Å². The monoisotopic (exact) mass is 434 g/mol. The lowest BCUT2D eigenvalue weighted by atomic mass is 10.0. The third-order valence-corrected chi connectivity index (χ3v) is 7.11. The second-order valence-electron chi connectivity index (χ2n) is 8.02. The van der Waals surface area contributed by atoms with Crippen molar-refractivity contribution in [3.63, 3.8) is 0 Å². The van der Waals surface area contributed by atoms with Crippen molar-refractivity contribution in [3.8, 4) is 0 Å². The predicted molar refractivity (Wildman–Crippen MR) is 110 cm³/mol. The number of nitrogens with one attached hydrogen (secondary N) is 3. The number of aromatic nitrogens is 3. The highest BCUT2D eigenvalue weighted by atomic mass is 32.2. The number of fused-ring (bicyclic) bond motifs is 1. The lowest BCUT2D eigenvalue weighted by Gasteiger charge is -2.23. The molecule has 10 nitrogen and oxygen atoms in total. The first-order chi connectivity index (χ1) is 14.2. The van der Waals surface area contributed by atoms with E-state index in [1.165, 1.54) is 6.20 Å². The van der Waals surface area contributed by atoms with E-state index in [0.29, 0.717) is 17.1 Å². The van der Waals surface area contributed by atoms with Gasteiger partial charge in [0, 0.05) is 54.8 Å². The molecule has 0 saturated heterocycles. The summed E-state index contributed by atoms with van der Waals surface area (Å²) in [5.41, 5.74) is 2.22. The molecule has 2 aromatic heterocycles. The lowest BCUT2D eigenvalue weighted by molar-refractivity contribution is 0.0645. The zero-order valence-electron chi connectivity index (χ0n) is 17.2. The molecule has 11 heteroatoms. The first-order valence-electron chi connectivity index (χ1n) is 9.98. The van der Waals surface area contributed by atoms with Crippen molar-refractivity contribution in [2.24, 2.45) is 0 Å². The van der Waals surface area contributed by atoms with E-state index < -0.39 is 10.0 Å². The quantitative estimate of drug-likeness (QED) is 0.659. The maximum absolute atomic E-state index is 12.2. The minimum absolute atomic E-state index is 0.0510. The van der Waals surface area contributed by atoms with E-state index >= 15 is 0 Å². The largest absolute Gasteiger partial charge is 0.446 e. The third-order valence-electron chi connectivity index (χ3n) is 5.72. The summed E-state index contributed by atoms with van der Waals surface area (Å²) in [5, 5.41) is 10.6. The van der Waals surface area contributed by atoms with Crippen molar-refractivity contribution >= 4 is 27.6 Å². The van der Waals surface area contributed by atoms with Crippen LogP contribution >= 0.6 is 0 Å². The van der Waals surface area contributed by atoms with Crippen LogP contribution in [0.3, 0.4) is 0 Å². The minimum Gasteiger partial charge on any atom is -0.446 e. The highest BCUT2D eigenvalue weighted by Crippen LogP contribution is 2.37. The summed E-state index contributed by atoms with van der Waals surface area (Å²) in [6, 6.07) is 3.74. The van der Waals surface area contributed by atoms with Crippen LogP contribution in [0.25, 0.3) is 0 Å². The molecule has 162 valence electrons. The van der Waals surface area contributed by atoms with Gasteiger partial charge < -0.3 is 15.0 Å². The van der Waals surface area contributed by atoms with Gasteiger partial charge in [-0.05, 0) is 39.2 Å². The summed E-state index contributed by atoms with van der Waals surface area (Å²) >= 11 is 0. The van der Waals surface area contributed by atoms with Gasteiger partial charge in [-0.1, -0.05) is 0 Å². The van der Waals surface area contributed by atoms with Crippen LogP contribution in [-0.4, -0.2) is 53.8 Å². The molecule has 30 heavy (non-hydrogen) atoms. The number of pyridine rings is 1. The van der Waals surface area contributed by atoms with E-state index in [4.69, 9.17) is 4.74 Å². The van der Waals surface area contributed by atoms with Gasteiger partial charge in [0.15, 0.2) is 10.8 Å². The molecular weight excluding hydrogens is 408 g/mol. The van der Waals surface area contributed by atoms with E-state index in [1.54, 1.807) is 18.0 Å². The van der Waals surface area contributed by atoms with Crippen LogP contribution in [0.2, 0.25) is 0 Å². The molecule has 1 saturated carbocycles. The second-order valence-corrected chi connectivity index (χ2v) is 9.70. The molecule has 2 aromatic rings. The van der Waals surface area contributed by atoms with Gasteiger partial charge in [0.1, 0.15) is 6.10 Å². The molecule has 1 unspecified atom stereocenters. The van der Waals surface area contributed by atoms with Crippen LogP contribution in [-0.2, 0) is 21.3 Å². The summed E-state index contributed by atoms with van der Waals surface area (Å²) in [6.45, 7) is 4.09. The zero-order valence-corrected chi connectivity index (χ0v) is 18.0. The maximum atomic E-state index is 12.2. The maximum Gasteiger partial charge on any atom is 0.410 e.